The molecule has 16 heavy (non-hydrogen) atoms. The van der Waals surface area contributed by atoms with Crippen molar-refractivity contribution in [2.75, 3.05) is 5.32 Å². The second kappa shape index (κ2) is 4.48. The van der Waals surface area contributed by atoms with Crippen LogP contribution < -0.4 is 5.32 Å². The summed E-state index contributed by atoms with van der Waals surface area (Å²) in [7, 11) is 0. The van der Waals surface area contributed by atoms with Crippen molar-refractivity contribution in [1.29, 1.82) is 0 Å². The summed E-state index contributed by atoms with van der Waals surface area (Å²) in [5.41, 5.74) is 0.799. The van der Waals surface area contributed by atoms with E-state index in [1.165, 1.54) is 0 Å². The first-order chi connectivity index (χ1) is 7.77. The summed E-state index contributed by atoms with van der Waals surface area (Å²) in [5.74, 6) is -0.305. The molecule has 0 unspecified atom stereocenters. The van der Waals surface area contributed by atoms with E-state index in [2.05, 4.69) is 10.5 Å². The molecule has 0 aliphatic carbocycles. The molecule has 0 saturated heterocycles. The van der Waals surface area contributed by atoms with E-state index in [4.69, 9.17) is 9.63 Å². The van der Waals surface area contributed by atoms with Crippen LogP contribution >= 0.6 is 0 Å². The average molecular weight is 218 g/mol. The number of hydrogen-bond donors (Lipinski definition) is 2. The lowest BCUT2D eigenvalue weighted by atomic mass is 10.2. The molecule has 2 N–H and O–H groups in total. The van der Waals surface area contributed by atoms with E-state index in [0.717, 1.165) is 0 Å². The van der Waals surface area contributed by atoms with Crippen molar-refractivity contribution in [2.24, 2.45) is 0 Å². The maximum atomic E-state index is 10.9. The lowest BCUT2D eigenvalue weighted by Crippen LogP contribution is -2.05. The lowest BCUT2D eigenvalue weighted by Gasteiger charge is -2.06. The minimum absolute atomic E-state index is 0.238. The Morgan fingerprint density at radius 1 is 1.38 bits per heavy atom. The molecule has 0 bridgehead atoms. The zero-order chi connectivity index (χ0) is 11.4. The first kappa shape index (κ1) is 10.2. The van der Waals surface area contributed by atoms with E-state index in [9.17, 15) is 4.79 Å². The number of carboxylic acid groups (broad SMARTS) is 1. The molecule has 82 valence electrons. The molecule has 5 nitrogen and oxygen atoms in total. The van der Waals surface area contributed by atoms with Crippen molar-refractivity contribution in [2.45, 2.75) is 6.54 Å². The Bertz CT molecular complexity index is 480. The highest BCUT2D eigenvalue weighted by atomic mass is 16.5. The van der Waals surface area contributed by atoms with Gasteiger partial charge in [-0.05, 0) is 12.1 Å². The Hall–Kier alpha value is -2.30. The summed E-state index contributed by atoms with van der Waals surface area (Å²) in [6, 6.07) is 8.43. The molecule has 0 atom stereocenters. The summed E-state index contributed by atoms with van der Waals surface area (Å²) >= 11 is 0. The fourth-order valence-electron chi connectivity index (χ4n) is 1.34. The smallest absolute Gasteiger partial charge is 0.337 e. The van der Waals surface area contributed by atoms with Gasteiger partial charge in [-0.2, -0.15) is 0 Å². The van der Waals surface area contributed by atoms with E-state index >= 15 is 0 Å². The number of carbonyl (C=O) groups is 1. The van der Waals surface area contributed by atoms with Crippen molar-refractivity contribution in [3.05, 3.63) is 47.9 Å². The molecule has 0 fully saturated rings. The quantitative estimate of drug-likeness (QED) is 0.820. The molecule has 0 aliphatic heterocycles. The zero-order valence-electron chi connectivity index (χ0n) is 8.38. The maximum Gasteiger partial charge on any atom is 0.337 e. The summed E-state index contributed by atoms with van der Waals surface area (Å²) < 4.78 is 4.90. The molecule has 2 rings (SSSR count). The molecule has 1 aromatic carbocycles. The first-order valence-electron chi connectivity index (χ1n) is 4.73. The maximum absolute atomic E-state index is 10.9. The molecular formula is C11H10N2O3. The number of rotatable bonds is 4. The highest BCUT2D eigenvalue weighted by molar-refractivity contribution is 5.94. The monoisotopic (exact) mass is 218 g/mol. The van der Waals surface area contributed by atoms with Crippen molar-refractivity contribution in [1.82, 2.24) is 5.16 Å². The second-order valence-corrected chi connectivity index (χ2v) is 3.18. The van der Waals surface area contributed by atoms with Crippen LogP contribution in [0.1, 0.15) is 16.1 Å². The predicted octanol–water partition coefficient (Wildman–Crippen LogP) is 1.98. The number of benzene rings is 1. The number of aromatic nitrogens is 1. The Morgan fingerprint density at radius 2 is 2.19 bits per heavy atom. The van der Waals surface area contributed by atoms with Crippen LogP contribution in [0.5, 0.6) is 0 Å². The number of hydrogen-bond acceptors (Lipinski definition) is 4. The van der Waals surface area contributed by atoms with Gasteiger partial charge in [0.2, 0.25) is 0 Å². The van der Waals surface area contributed by atoms with Gasteiger partial charge in [0.25, 0.3) is 0 Å². The number of aromatic carboxylic acids is 1. The number of anilines is 1. The molecule has 0 radical (unpaired) electrons. The van der Waals surface area contributed by atoms with Crippen LogP contribution in [-0.2, 0) is 6.54 Å². The summed E-state index contributed by atoms with van der Waals surface area (Å²) in [6.45, 7) is 0.407. The van der Waals surface area contributed by atoms with Gasteiger partial charge in [0.15, 0.2) is 5.76 Å². The van der Waals surface area contributed by atoms with Crippen LogP contribution in [0.15, 0.2) is 41.1 Å². The van der Waals surface area contributed by atoms with Crippen LogP contribution in [0, 0.1) is 0 Å². The van der Waals surface area contributed by atoms with Crippen LogP contribution in [0.2, 0.25) is 0 Å². The third-order valence-corrected chi connectivity index (χ3v) is 2.10. The van der Waals surface area contributed by atoms with Gasteiger partial charge in [-0.3, -0.25) is 0 Å². The minimum Gasteiger partial charge on any atom is -0.478 e. The SMILES string of the molecule is O=C(O)c1ccccc1NCc1ccno1. The van der Waals surface area contributed by atoms with Gasteiger partial charge in [-0.15, -0.1) is 0 Å². The van der Waals surface area contributed by atoms with Crippen molar-refractivity contribution >= 4 is 11.7 Å². The van der Waals surface area contributed by atoms with Gasteiger partial charge in [0, 0.05) is 11.8 Å². The van der Waals surface area contributed by atoms with Gasteiger partial charge in [0.1, 0.15) is 0 Å². The Labute approximate surface area is 91.7 Å². The topological polar surface area (TPSA) is 75.4 Å². The van der Waals surface area contributed by atoms with Crippen LogP contribution in [0.25, 0.3) is 0 Å². The number of nitrogens with one attached hydrogen (secondary N) is 1. The third kappa shape index (κ3) is 2.20. The van der Waals surface area contributed by atoms with Crippen LogP contribution in [0.3, 0.4) is 0 Å². The Kier molecular flexibility index (Phi) is 2.86. The van der Waals surface area contributed by atoms with Gasteiger partial charge in [0.05, 0.1) is 18.3 Å². The highest BCUT2D eigenvalue weighted by Crippen LogP contribution is 2.15. The lowest BCUT2D eigenvalue weighted by molar-refractivity contribution is 0.0698. The summed E-state index contributed by atoms with van der Waals surface area (Å²) in [4.78, 5) is 10.9. The average Bonchev–Trinajstić information content (AvgIpc) is 2.79. The standard InChI is InChI=1S/C11H10N2O3/c14-11(15)9-3-1-2-4-10(9)12-7-8-5-6-13-16-8/h1-6,12H,7H2,(H,14,15). The fraction of sp³-hybridized carbons (Fsp3) is 0.0909. The molecular weight excluding hydrogens is 208 g/mol. The Balaban J connectivity index is 2.12. The highest BCUT2D eigenvalue weighted by Gasteiger charge is 2.08. The number of carboxylic acids is 1. The zero-order valence-corrected chi connectivity index (χ0v) is 8.38. The molecule has 5 heteroatoms. The number of para-hydroxylation sites is 1. The van der Waals surface area contributed by atoms with Crippen LogP contribution in [-0.4, -0.2) is 16.2 Å². The molecule has 1 aromatic heterocycles. The van der Waals surface area contributed by atoms with E-state index in [-0.39, 0.29) is 5.56 Å². The van der Waals surface area contributed by atoms with Gasteiger partial charge in [-0.1, -0.05) is 17.3 Å². The van der Waals surface area contributed by atoms with Gasteiger partial charge >= 0.3 is 5.97 Å². The van der Waals surface area contributed by atoms with E-state index < -0.39 is 5.97 Å². The van der Waals surface area contributed by atoms with Gasteiger partial charge in [-0.25, -0.2) is 4.79 Å². The predicted molar refractivity (Wildman–Crippen MR) is 57.2 cm³/mol. The third-order valence-electron chi connectivity index (χ3n) is 2.10. The molecule has 1 heterocycles. The van der Waals surface area contributed by atoms with Crippen molar-refractivity contribution < 1.29 is 14.4 Å². The van der Waals surface area contributed by atoms with Crippen LogP contribution in [0.4, 0.5) is 5.69 Å². The molecule has 0 saturated carbocycles. The van der Waals surface area contributed by atoms with Crippen molar-refractivity contribution in [3.63, 3.8) is 0 Å². The first-order valence-corrected chi connectivity index (χ1v) is 4.73. The molecule has 2 aromatic rings. The van der Waals surface area contributed by atoms with E-state index in [1.807, 2.05) is 0 Å². The second-order valence-electron chi connectivity index (χ2n) is 3.18. The number of nitrogens with zero attached hydrogens (tertiary/aromatic N) is 1. The minimum atomic E-state index is -0.958. The van der Waals surface area contributed by atoms with Gasteiger partial charge < -0.3 is 14.9 Å². The Morgan fingerprint density at radius 3 is 2.88 bits per heavy atom. The molecule has 0 aliphatic rings. The van der Waals surface area contributed by atoms with Crippen molar-refractivity contribution in [3.8, 4) is 0 Å². The van der Waals surface area contributed by atoms with E-state index in [1.54, 1.807) is 36.5 Å². The normalized spacial score (nSPS) is 10.0. The summed E-state index contributed by atoms with van der Waals surface area (Å²) in [6.07, 6.45) is 1.54. The molecule has 0 spiro atoms. The summed E-state index contributed by atoms with van der Waals surface area (Å²) in [5, 5.41) is 15.5. The van der Waals surface area contributed by atoms with E-state index in [0.29, 0.717) is 18.0 Å². The largest absolute Gasteiger partial charge is 0.478 e. The fourth-order valence-corrected chi connectivity index (χ4v) is 1.34. The molecule has 0 amide bonds.